The van der Waals surface area contributed by atoms with Crippen LogP contribution < -0.4 is 10.6 Å². The molecule has 2 rings (SSSR count). The summed E-state index contributed by atoms with van der Waals surface area (Å²) in [6.07, 6.45) is 7.57. The summed E-state index contributed by atoms with van der Waals surface area (Å²) in [5, 5.41) is 6.89. The van der Waals surface area contributed by atoms with Gasteiger partial charge in [0.1, 0.15) is 0 Å². The topological polar surface area (TPSA) is 41.1 Å². The molecule has 1 aliphatic heterocycles. The Balaban J connectivity index is 2.04. The Morgan fingerprint density at radius 1 is 1.19 bits per heavy atom. The Hall–Kier alpha value is -0.570. The molecule has 3 nitrogen and oxygen atoms in total. The lowest BCUT2D eigenvalue weighted by atomic mass is 9.63. The average molecular weight is 294 g/mol. The lowest BCUT2D eigenvalue weighted by Crippen LogP contribution is -2.57. The maximum atomic E-state index is 12.9. The molecule has 1 saturated carbocycles. The van der Waals surface area contributed by atoms with E-state index in [9.17, 15) is 4.79 Å². The molecular weight excluding hydrogens is 260 g/mol. The van der Waals surface area contributed by atoms with Gasteiger partial charge in [-0.15, -0.1) is 0 Å². The molecule has 2 fully saturated rings. The average Bonchev–Trinajstić information content (AvgIpc) is 2.74. The van der Waals surface area contributed by atoms with Crippen molar-refractivity contribution in [1.82, 2.24) is 10.6 Å². The summed E-state index contributed by atoms with van der Waals surface area (Å²) in [4.78, 5) is 12.9. The van der Waals surface area contributed by atoms with Crippen molar-refractivity contribution in [2.24, 2.45) is 10.8 Å². The number of hydrogen-bond donors (Lipinski definition) is 2. The molecule has 0 aromatic carbocycles. The van der Waals surface area contributed by atoms with E-state index in [2.05, 4.69) is 45.3 Å². The number of carbonyl (C=O) groups excluding carboxylic acids is 1. The Bertz CT molecular complexity index is 365. The molecule has 0 aromatic heterocycles. The van der Waals surface area contributed by atoms with Gasteiger partial charge in [0.25, 0.3) is 0 Å². The molecule has 21 heavy (non-hydrogen) atoms. The van der Waals surface area contributed by atoms with Gasteiger partial charge in [0.05, 0.1) is 5.54 Å². The number of carbonyl (C=O) groups is 1. The molecule has 0 aromatic rings. The monoisotopic (exact) mass is 294 g/mol. The summed E-state index contributed by atoms with van der Waals surface area (Å²) < 4.78 is 0. The molecule has 122 valence electrons. The van der Waals surface area contributed by atoms with Crippen LogP contribution in [0.2, 0.25) is 0 Å². The van der Waals surface area contributed by atoms with Gasteiger partial charge in [-0.1, -0.05) is 41.0 Å². The van der Waals surface area contributed by atoms with Gasteiger partial charge in [-0.05, 0) is 55.9 Å². The molecule has 0 bridgehead atoms. The van der Waals surface area contributed by atoms with Crippen LogP contribution in [0.3, 0.4) is 0 Å². The standard InChI is InChI=1S/C18H34N2O/c1-6-8-18(9-7-10-19-18)15(21)20-14-11-16(2,3)13-17(4,5)12-14/h14,19H,6-13H2,1-5H3,(H,20,21). The minimum absolute atomic E-state index is 0.250. The van der Waals surface area contributed by atoms with Crippen molar-refractivity contribution in [3.8, 4) is 0 Å². The van der Waals surface area contributed by atoms with Crippen LogP contribution in [-0.4, -0.2) is 24.0 Å². The highest BCUT2D eigenvalue weighted by atomic mass is 16.2. The number of amides is 1. The van der Waals surface area contributed by atoms with Gasteiger partial charge in [-0.2, -0.15) is 0 Å². The first-order valence-corrected chi connectivity index (χ1v) is 8.74. The molecule has 1 heterocycles. The van der Waals surface area contributed by atoms with E-state index in [1.807, 2.05) is 0 Å². The van der Waals surface area contributed by atoms with Gasteiger partial charge in [-0.25, -0.2) is 0 Å². The molecule has 0 spiro atoms. The van der Waals surface area contributed by atoms with Crippen LogP contribution in [0.1, 0.15) is 79.6 Å². The van der Waals surface area contributed by atoms with Crippen LogP contribution in [0.25, 0.3) is 0 Å². The van der Waals surface area contributed by atoms with E-state index in [0.29, 0.717) is 16.9 Å². The summed E-state index contributed by atoms with van der Waals surface area (Å²) in [5.41, 5.74) is 0.349. The van der Waals surface area contributed by atoms with E-state index in [1.54, 1.807) is 0 Å². The fraction of sp³-hybridized carbons (Fsp3) is 0.944. The first-order chi connectivity index (χ1) is 9.68. The van der Waals surface area contributed by atoms with Gasteiger partial charge in [-0.3, -0.25) is 4.79 Å². The highest BCUT2D eigenvalue weighted by Crippen LogP contribution is 2.45. The van der Waals surface area contributed by atoms with Gasteiger partial charge in [0.2, 0.25) is 5.91 Å². The molecule has 2 aliphatic rings. The predicted octanol–water partition coefficient (Wildman–Crippen LogP) is 3.63. The summed E-state index contributed by atoms with van der Waals surface area (Å²) in [6, 6.07) is 0.326. The predicted molar refractivity (Wildman–Crippen MR) is 88.2 cm³/mol. The normalized spacial score (nSPS) is 32.0. The summed E-state index contributed by atoms with van der Waals surface area (Å²) in [6.45, 7) is 12.5. The van der Waals surface area contributed by atoms with E-state index in [1.165, 1.54) is 6.42 Å². The molecule has 1 aliphatic carbocycles. The van der Waals surface area contributed by atoms with Crippen LogP contribution in [0.5, 0.6) is 0 Å². The van der Waals surface area contributed by atoms with Crippen molar-refractivity contribution in [3.63, 3.8) is 0 Å². The SMILES string of the molecule is CCCC1(C(=O)NC2CC(C)(C)CC(C)(C)C2)CCCN1. The largest absolute Gasteiger partial charge is 0.352 e. The summed E-state index contributed by atoms with van der Waals surface area (Å²) >= 11 is 0. The van der Waals surface area contributed by atoms with Gasteiger partial charge in [0.15, 0.2) is 0 Å². The van der Waals surface area contributed by atoms with Crippen molar-refractivity contribution in [3.05, 3.63) is 0 Å². The zero-order chi connectivity index (χ0) is 15.7. The molecular formula is C18H34N2O. The summed E-state index contributed by atoms with van der Waals surface area (Å²) in [7, 11) is 0. The van der Waals surface area contributed by atoms with Crippen LogP contribution >= 0.6 is 0 Å². The van der Waals surface area contributed by atoms with Gasteiger partial charge < -0.3 is 10.6 Å². The van der Waals surface area contributed by atoms with E-state index in [0.717, 1.165) is 45.1 Å². The lowest BCUT2D eigenvalue weighted by molar-refractivity contribution is -0.129. The van der Waals surface area contributed by atoms with Crippen LogP contribution in [0, 0.1) is 10.8 Å². The van der Waals surface area contributed by atoms with Crippen molar-refractivity contribution >= 4 is 5.91 Å². The van der Waals surface area contributed by atoms with Crippen LogP contribution in [-0.2, 0) is 4.79 Å². The Labute approximate surface area is 130 Å². The fourth-order valence-electron chi connectivity index (χ4n) is 5.03. The van der Waals surface area contributed by atoms with Crippen LogP contribution in [0.4, 0.5) is 0 Å². The van der Waals surface area contributed by atoms with Gasteiger partial charge in [0, 0.05) is 6.04 Å². The van der Waals surface area contributed by atoms with E-state index in [-0.39, 0.29) is 11.4 Å². The minimum atomic E-state index is -0.291. The third-order valence-corrected chi connectivity index (χ3v) is 5.25. The van der Waals surface area contributed by atoms with E-state index >= 15 is 0 Å². The number of hydrogen-bond acceptors (Lipinski definition) is 2. The quantitative estimate of drug-likeness (QED) is 0.831. The van der Waals surface area contributed by atoms with E-state index < -0.39 is 0 Å². The van der Waals surface area contributed by atoms with Gasteiger partial charge >= 0.3 is 0 Å². The van der Waals surface area contributed by atoms with Crippen LogP contribution in [0.15, 0.2) is 0 Å². The van der Waals surface area contributed by atoms with Crippen molar-refractivity contribution in [2.75, 3.05) is 6.54 Å². The summed E-state index contributed by atoms with van der Waals surface area (Å²) in [5.74, 6) is 0.250. The molecule has 3 heteroatoms. The second kappa shape index (κ2) is 5.91. The van der Waals surface area contributed by atoms with E-state index in [4.69, 9.17) is 0 Å². The zero-order valence-electron chi connectivity index (χ0n) is 14.6. The molecule has 1 amide bonds. The number of rotatable bonds is 4. The smallest absolute Gasteiger partial charge is 0.240 e. The number of nitrogens with one attached hydrogen (secondary N) is 2. The molecule has 1 unspecified atom stereocenters. The Kier molecular flexibility index (Phi) is 4.72. The zero-order valence-corrected chi connectivity index (χ0v) is 14.6. The molecule has 1 saturated heterocycles. The third kappa shape index (κ3) is 4.00. The maximum absolute atomic E-state index is 12.9. The second-order valence-corrected chi connectivity index (χ2v) is 8.95. The molecule has 0 radical (unpaired) electrons. The highest BCUT2D eigenvalue weighted by molar-refractivity contribution is 5.87. The van der Waals surface area contributed by atoms with Crippen molar-refractivity contribution in [1.29, 1.82) is 0 Å². The molecule has 2 N–H and O–H groups in total. The van der Waals surface area contributed by atoms with Crippen molar-refractivity contribution < 1.29 is 4.79 Å². The lowest BCUT2D eigenvalue weighted by Gasteiger charge is -2.46. The fourth-order valence-corrected chi connectivity index (χ4v) is 5.03. The third-order valence-electron chi connectivity index (χ3n) is 5.25. The Morgan fingerprint density at radius 3 is 2.29 bits per heavy atom. The Morgan fingerprint density at radius 2 is 1.81 bits per heavy atom. The molecule has 1 atom stereocenters. The maximum Gasteiger partial charge on any atom is 0.240 e. The van der Waals surface area contributed by atoms with Crippen molar-refractivity contribution in [2.45, 2.75) is 91.1 Å². The highest BCUT2D eigenvalue weighted by Gasteiger charge is 2.43. The second-order valence-electron chi connectivity index (χ2n) is 8.95. The first-order valence-electron chi connectivity index (χ1n) is 8.74. The first kappa shape index (κ1) is 16.8. The minimum Gasteiger partial charge on any atom is -0.352 e.